The van der Waals surface area contributed by atoms with E-state index in [0.717, 1.165) is 14.2 Å². The van der Waals surface area contributed by atoms with Gasteiger partial charge in [-0.15, -0.1) is 0 Å². The van der Waals surface area contributed by atoms with Crippen LogP contribution >= 0.6 is 0 Å². The SMILES string of the molecule is COC(=O)C[C@@H](C(=O)OC)N(C(=O)OCc1ccccc1)C(=O)OC(C)(C)C. The molecular formula is C19H25NO8. The van der Waals surface area contributed by atoms with E-state index in [9.17, 15) is 19.2 Å². The summed E-state index contributed by atoms with van der Waals surface area (Å²) in [7, 11) is 2.18. The first-order valence-corrected chi connectivity index (χ1v) is 8.46. The molecule has 1 rings (SSSR count). The number of nitrogens with zero attached hydrogens (tertiary/aromatic N) is 1. The number of hydrogen-bond acceptors (Lipinski definition) is 8. The molecule has 9 heteroatoms. The van der Waals surface area contributed by atoms with Gasteiger partial charge in [0.25, 0.3) is 0 Å². The molecule has 154 valence electrons. The molecule has 28 heavy (non-hydrogen) atoms. The average molecular weight is 395 g/mol. The number of carbonyl (C=O) groups excluding carboxylic acids is 4. The molecule has 9 nitrogen and oxygen atoms in total. The Morgan fingerprint density at radius 1 is 0.964 bits per heavy atom. The molecule has 0 aliphatic heterocycles. The molecule has 0 spiro atoms. The molecule has 1 atom stereocenters. The van der Waals surface area contributed by atoms with Gasteiger partial charge in [0.1, 0.15) is 12.2 Å². The van der Waals surface area contributed by atoms with E-state index in [1.54, 1.807) is 51.1 Å². The number of amides is 2. The Labute approximate surface area is 163 Å². The first kappa shape index (κ1) is 22.9. The Morgan fingerprint density at radius 3 is 2.07 bits per heavy atom. The molecular weight excluding hydrogens is 370 g/mol. The zero-order chi connectivity index (χ0) is 21.3. The van der Waals surface area contributed by atoms with E-state index in [4.69, 9.17) is 9.47 Å². The largest absolute Gasteiger partial charge is 0.469 e. The third kappa shape index (κ3) is 7.26. The van der Waals surface area contributed by atoms with E-state index < -0.39 is 42.2 Å². The van der Waals surface area contributed by atoms with Crippen molar-refractivity contribution in [3.8, 4) is 0 Å². The fourth-order valence-corrected chi connectivity index (χ4v) is 2.09. The van der Waals surface area contributed by atoms with Crippen molar-refractivity contribution in [2.75, 3.05) is 14.2 Å². The second kappa shape index (κ2) is 10.3. The summed E-state index contributed by atoms with van der Waals surface area (Å²) in [6, 6.07) is 7.14. The summed E-state index contributed by atoms with van der Waals surface area (Å²) in [5.41, 5.74) is -0.288. The molecule has 0 aromatic heterocycles. The average Bonchev–Trinajstić information content (AvgIpc) is 2.64. The van der Waals surface area contributed by atoms with Crippen LogP contribution in [0.5, 0.6) is 0 Å². The highest BCUT2D eigenvalue weighted by Gasteiger charge is 2.41. The molecule has 0 heterocycles. The van der Waals surface area contributed by atoms with Gasteiger partial charge in [-0.3, -0.25) is 4.79 Å². The summed E-state index contributed by atoms with van der Waals surface area (Å²) < 4.78 is 19.5. The number of methoxy groups -OCH3 is 2. The summed E-state index contributed by atoms with van der Waals surface area (Å²) in [4.78, 5) is 49.5. The Hall–Kier alpha value is -3.10. The number of hydrogen-bond donors (Lipinski definition) is 0. The Kier molecular flexibility index (Phi) is 8.43. The van der Waals surface area contributed by atoms with Crippen molar-refractivity contribution >= 4 is 24.1 Å². The minimum atomic E-state index is -1.60. The van der Waals surface area contributed by atoms with Crippen LogP contribution < -0.4 is 0 Å². The van der Waals surface area contributed by atoms with Crippen LogP contribution in [0.15, 0.2) is 30.3 Å². The first-order chi connectivity index (χ1) is 13.1. The predicted octanol–water partition coefficient (Wildman–Crippen LogP) is 2.67. The van der Waals surface area contributed by atoms with Crippen LogP contribution in [0, 0.1) is 0 Å². The van der Waals surface area contributed by atoms with Gasteiger partial charge in [-0.05, 0) is 26.3 Å². The van der Waals surface area contributed by atoms with Crippen molar-refractivity contribution in [2.45, 2.75) is 45.4 Å². The summed E-state index contributed by atoms with van der Waals surface area (Å²) in [6.07, 6.45) is -2.91. The highest BCUT2D eigenvalue weighted by Crippen LogP contribution is 2.17. The fraction of sp³-hybridized carbons (Fsp3) is 0.474. The minimum absolute atomic E-state index is 0.148. The van der Waals surface area contributed by atoms with Gasteiger partial charge in [0, 0.05) is 0 Å². The topological polar surface area (TPSA) is 108 Å². The number of ether oxygens (including phenoxy) is 4. The monoisotopic (exact) mass is 395 g/mol. The molecule has 0 saturated heterocycles. The minimum Gasteiger partial charge on any atom is -0.469 e. The Balaban J connectivity index is 3.12. The van der Waals surface area contributed by atoms with Gasteiger partial charge in [-0.2, -0.15) is 4.90 Å². The highest BCUT2D eigenvalue weighted by molar-refractivity contribution is 5.95. The number of imide groups is 1. The molecule has 0 saturated carbocycles. The molecule has 1 aromatic carbocycles. The van der Waals surface area contributed by atoms with E-state index >= 15 is 0 Å². The summed E-state index contributed by atoms with van der Waals surface area (Å²) >= 11 is 0. The summed E-state index contributed by atoms with van der Waals surface area (Å²) in [5, 5.41) is 0. The maximum Gasteiger partial charge on any atom is 0.420 e. The van der Waals surface area contributed by atoms with Crippen LogP contribution in [-0.2, 0) is 35.1 Å². The lowest BCUT2D eigenvalue weighted by Crippen LogP contribution is -2.51. The Morgan fingerprint density at radius 2 is 1.57 bits per heavy atom. The van der Waals surface area contributed by atoms with E-state index in [2.05, 4.69) is 9.47 Å². The number of carbonyl (C=O) groups is 4. The normalized spacial score (nSPS) is 11.8. The fourth-order valence-electron chi connectivity index (χ4n) is 2.09. The van der Waals surface area contributed by atoms with Crippen LogP contribution in [0.3, 0.4) is 0 Å². The van der Waals surface area contributed by atoms with Crippen LogP contribution in [0.2, 0.25) is 0 Å². The molecule has 0 N–H and O–H groups in total. The zero-order valence-electron chi connectivity index (χ0n) is 16.6. The first-order valence-electron chi connectivity index (χ1n) is 8.46. The van der Waals surface area contributed by atoms with E-state index in [-0.39, 0.29) is 6.61 Å². The highest BCUT2D eigenvalue weighted by atomic mass is 16.6. The number of rotatable bonds is 6. The van der Waals surface area contributed by atoms with Crippen molar-refractivity contribution in [1.29, 1.82) is 0 Å². The second-order valence-corrected chi connectivity index (χ2v) is 6.71. The molecule has 0 aliphatic rings. The smallest absolute Gasteiger partial charge is 0.420 e. The molecule has 0 fully saturated rings. The molecule has 0 unspecified atom stereocenters. The number of esters is 2. The molecule has 2 amide bonds. The van der Waals surface area contributed by atoms with E-state index in [0.29, 0.717) is 10.5 Å². The third-order valence-corrected chi connectivity index (χ3v) is 3.36. The second-order valence-electron chi connectivity index (χ2n) is 6.71. The lowest BCUT2D eigenvalue weighted by molar-refractivity contribution is -0.152. The van der Waals surface area contributed by atoms with Gasteiger partial charge in [0.2, 0.25) is 0 Å². The van der Waals surface area contributed by atoms with Gasteiger partial charge in [-0.25, -0.2) is 14.4 Å². The van der Waals surface area contributed by atoms with Gasteiger partial charge in [-0.1, -0.05) is 30.3 Å². The van der Waals surface area contributed by atoms with Crippen LogP contribution in [-0.4, -0.2) is 54.9 Å². The van der Waals surface area contributed by atoms with E-state index in [1.807, 2.05) is 0 Å². The van der Waals surface area contributed by atoms with Crippen LogP contribution in [0.25, 0.3) is 0 Å². The lowest BCUT2D eigenvalue weighted by atomic mass is 10.2. The quantitative estimate of drug-likeness (QED) is 0.534. The van der Waals surface area contributed by atoms with Crippen LogP contribution in [0.1, 0.15) is 32.8 Å². The van der Waals surface area contributed by atoms with Gasteiger partial charge in [0.15, 0.2) is 6.04 Å². The Bertz CT molecular complexity index is 696. The van der Waals surface area contributed by atoms with Crippen molar-refractivity contribution in [2.24, 2.45) is 0 Å². The summed E-state index contributed by atoms with van der Waals surface area (Å²) in [6.45, 7) is 4.62. The van der Waals surface area contributed by atoms with E-state index in [1.165, 1.54) is 0 Å². The standard InChI is InChI=1S/C19H25NO8/c1-19(2,3)28-18(24)20(14(16(22)26-5)11-15(21)25-4)17(23)27-12-13-9-7-6-8-10-13/h6-10,14H,11-12H2,1-5H3/t14-/m0/s1. The number of benzene rings is 1. The predicted molar refractivity (Wildman–Crippen MR) is 97.1 cm³/mol. The molecule has 1 aromatic rings. The molecule has 0 radical (unpaired) electrons. The van der Waals surface area contributed by atoms with Crippen molar-refractivity contribution in [1.82, 2.24) is 4.90 Å². The molecule has 0 bridgehead atoms. The molecule has 0 aliphatic carbocycles. The van der Waals surface area contributed by atoms with Crippen molar-refractivity contribution in [3.05, 3.63) is 35.9 Å². The van der Waals surface area contributed by atoms with Crippen LogP contribution in [0.4, 0.5) is 9.59 Å². The lowest BCUT2D eigenvalue weighted by Gasteiger charge is -2.29. The third-order valence-electron chi connectivity index (χ3n) is 3.36. The van der Waals surface area contributed by atoms with Gasteiger partial charge in [0.05, 0.1) is 20.6 Å². The zero-order valence-corrected chi connectivity index (χ0v) is 16.6. The van der Waals surface area contributed by atoms with Crippen molar-refractivity contribution < 1.29 is 38.1 Å². The summed E-state index contributed by atoms with van der Waals surface area (Å²) in [5.74, 6) is -1.81. The maximum atomic E-state index is 12.6. The van der Waals surface area contributed by atoms with Crippen molar-refractivity contribution in [3.63, 3.8) is 0 Å². The van der Waals surface area contributed by atoms with Gasteiger partial charge < -0.3 is 18.9 Å². The maximum absolute atomic E-state index is 12.6. The van der Waals surface area contributed by atoms with Gasteiger partial charge >= 0.3 is 24.1 Å².